The lowest BCUT2D eigenvalue weighted by atomic mass is 10.5. The van der Waals surface area contributed by atoms with Crippen LogP contribution in [0.5, 0.6) is 5.88 Å². The molecule has 0 aromatic carbocycles. The van der Waals surface area contributed by atoms with Gasteiger partial charge in [-0.15, -0.1) is 0 Å². The summed E-state index contributed by atoms with van der Waals surface area (Å²) in [5.74, 6) is 0.535. The van der Waals surface area contributed by atoms with Crippen LogP contribution in [0, 0.1) is 0 Å². The van der Waals surface area contributed by atoms with Gasteiger partial charge in [0.2, 0.25) is 0 Å². The molecule has 1 heterocycles. The van der Waals surface area contributed by atoms with Crippen LogP contribution in [0.3, 0.4) is 0 Å². The van der Waals surface area contributed by atoms with Crippen LogP contribution in [0.25, 0.3) is 0 Å². The van der Waals surface area contributed by atoms with Gasteiger partial charge in [0, 0.05) is 0 Å². The van der Waals surface area contributed by atoms with Crippen LogP contribution in [-0.2, 0) is 11.5 Å². The molecular formula is C9H17N3O2. The van der Waals surface area contributed by atoms with Crippen molar-refractivity contribution in [2.45, 2.75) is 46.6 Å². The van der Waals surface area contributed by atoms with Gasteiger partial charge in [-0.05, 0) is 27.7 Å². The minimum atomic E-state index is 0.117. The fourth-order valence-corrected chi connectivity index (χ4v) is 0.865. The van der Waals surface area contributed by atoms with Gasteiger partial charge in [-0.1, -0.05) is 10.3 Å². The lowest BCUT2D eigenvalue weighted by Crippen LogP contribution is -2.08. The molecule has 1 aromatic rings. The number of hydrogen-bond donors (Lipinski definition) is 0. The molecule has 0 atom stereocenters. The molecule has 0 aliphatic heterocycles. The molecule has 5 nitrogen and oxygen atoms in total. The van der Waals surface area contributed by atoms with Crippen LogP contribution in [-0.4, -0.2) is 27.2 Å². The van der Waals surface area contributed by atoms with Crippen LogP contribution < -0.4 is 4.74 Å². The minimum Gasteiger partial charge on any atom is -0.473 e. The molecule has 0 N–H and O–H groups in total. The van der Waals surface area contributed by atoms with E-state index in [-0.39, 0.29) is 12.2 Å². The first-order valence-electron chi connectivity index (χ1n) is 4.76. The van der Waals surface area contributed by atoms with Crippen LogP contribution in [0.2, 0.25) is 0 Å². The van der Waals surface area contributed by atoms with E-state index >= 15 is 0 Å². The predicted molar refractivity (Wildman–Crippen MR) is 52.0 cm³/mol. The van der Waals surface area contributed by atoms with Crippen molar-refractivity contribution in [1.82, 2.24) is 15.0 Å². The standard InChI is InChI=1S/C9H17N3O2/c1-7(2)13-6-12-5-9(10-11-12)14-8(3)4/h5,7-8H,6H2,1-4H3. The van der Waals surface area contributed by atoms with Gasteiger partial charge in [-0.2, -0.15) is 0 Å². The van der Waals surface area contributed by atoms with Crippen molar-refractivity contribution < 1.29 is 9.47 Å². The molecule has 0 saturated heterocycles. The summed E-state index contributed by atoms with van der Waals surface area (Å²) in [7, 11) is 0. The molecule has 1 rings (SSSR count). The van der Waals surface area contributed by atoms with Gasteiger partial charge in [0.1, 0.15) is 6.73 Å². The molecule has 0 spiro atoms. The van der Waals surface area contributed by atoms with E-state index in [1.807, 2.05) is 27.7 Å². The molecule has 0 fully saturated rings. The van der Waals surface area contributed by atoms with Crippen LogP contribution in [0.4, 0.5) is 0 Å². The van der Waals surface area contributed by atoms with E-state index in [1.54, 1.807) is 10.9 Å². The third-order valence-corrected chi connectivity index (χ3v) is 1.41. The highest BCUT2D eigenvalue weighted by Gasteiger charge is 2.03. The number of ether oxygens (including phenoxy) is 2. The average Bonchev–Trinajstić information content (AvgIpc) is 2.47. The third kappa shape index (κ3) is 3.74. The zero-order valence-electron chi connectivity index (χ0n) is 9.10. The van der Waals surface area contributed by atoms with Crippen molar-refractivity contribution in [3.05, 3.63) is 6.20 Å². The highest BCUT2D eigenvalue weighted by atomic mass is 16.5. The Balaban J connectivity index is 2.42. The average molecular weight is 199 g/mol. The molecule has 0 bridgehead atoms. The largest absolute Gasteiger partial charge is 0.473 e. The fourth-order valence-electron chi connectivity index (χ4n) is 0.865. The monoisotopic (exact) mass is 199 g/mol. The Morgan fingerprint density at radius 2 is 2.00 bits per heavy atom. The smallest absolute Gasteiger partial charge is 0.253 e. The number of rotatable bonds is 5. The summed E-state index contributed by atoms with van der Waals surface area (Å²) in [4.78, 5) is 0. The molecule has 0 saturated carbocycles. The summed E-state index contributed by atoms with van der Waals surface area (Å²) < 4.78 is 12.3. The molecule has 0 aliphatic rings. The molecular weight excluding hydrogens is 182 g/mol. The Morgan fingerprint density at radius 1 is 1.29 bits per heavy atom. The van der Waals surface area contributed by atoms with Crippen molar-refractivity contribution in [2.24, 2.45) is 0 Å². The SMILES string of the molecule is CC(C)OCn1cc(OC(C)C)nn1. The zero-order valence-corrected chi connectivity index (χ0v) is 9.10. The normalized spacial score (nSPS) is 11.3. The van der Waals surface area contributed by atoms with E-state index in [0.717, 1.165) is 0 Å². The van der Waals surface area contributed by atoms with Gasteiger partial charge in [-0.3, -0.25) is 0 Å². The summed E-state index contributed by atoms with van der Waals surface area (Å²) in [5, 5.41) is 7.70. The second-order valence-corrected chi connectivity index (χ2v) is 3.61. The Labute approximate surface area is 84.0 Å². The number of hydrogen-bond acceptors (Lipinski definition) is 4. The topological polar surface area (TPSA) is 49.2 Å². The number of aromatic nitrogens is 3. The van der Waals surface area contributed by atoms with E-state index in [1.165, 1.54) is 0 Å². The quantitative estimate of drug-likeness (QED) is 0.720. The molecule has 1 aromatic heterocycles. The second-order valence-electron chi connectivity index (χ2n) is 3.61. The highest BCUT2D eigenvalue weighted by Crippen LogP contribution is 2.06. The summed E-state index contributed by atoms with van der Waals surface area (Å²) in [6, 6.07) is 0. The molecule has 0 radical (unpaired) electrons. The van der Waals surface area contributed by atoms with E-state index in [0.29, 0.717) is 12.6 Å². The minimum absolute atomic E-state index is 0.117. The maximum Gasteiger partial charge on any atom is 0.253 e. The van der Waals surface area contributed by atoms with Gasteiger partial charge in [0.25, 0.3) is 5.88 Å². The second kappa shape index (κ2) is 4.95. The van der Waals surface area contributed by atoms with Crippen molar-refractivity contribution in [2.75, 3.05) is 0 Å². The third-order valence-electron chi connectivity index (χ3n) is 1.41. The first-order valence-corrected chi connectivity index (χ1v) is 4.76. The molecule has 80 valence electrons. The molecule has 0 amide bonds. The molecule has 5 heteroatoms. The fraction of sp³-hybridized carbons (Fsp3) is 0.778. The van der Waals surface area contributed by atoms with E-state index in [9.17, 15) is 0 Å². The van der Waals surface area contributed by atoms with E-state index < -0.39 is 0 Å². The van der Waals surface area contributed by atoms with Crippen molar-refractivity contribution in [1.29, 1.82) is 0 Å². The van der Waals surface area contributed by atoms with Gasteiger partial charge < -0.3 is 9.47 Å². The molecule has 14 heavy (non-hydrogen) atoms. The zero-order chi connectivity index (χ0) is 10.6. The van der Waals surface area contributed by atoms with Gasteiger partial charge >= 0.3 is 0 Å². The van der Waals surface area contributed by atoms with E-state index in [4.69, 9.17) is 9.47 Å². The summed E-state index contributed by atoms with van der Waals surface area (Å²) in [6.07, 6.45) is 2.03. The van der Waals surface area contributed by atoms with Gasteiger partial charge in [0.15, 0.2) is 0 Å². The van der Waals surface area contributed by atoms with Crippen LogP contribution in [0.1, 0.15) is 27.7 Å². The lowest BCUT2D eigenvalue weighted by molar-refractivity contribution is 0.0210. The summed E-state index contributed by atoms with van der Waals surface area (Å²) in [5.41, 5.74) is 0. The van der Waals surface area contributed by atoms with Gasteiger partial charge in [0.05, 0.1) is 18.4 Å². The van der Waals surface area contributed by atoms with Crippen molar-refractivity contribution in [3.63, 3.8) is 0 Å². The van der Waals surface area contributed by atoms with Gasteiger partial charge in [-0.25, -0.2) is 4.68 Å². The maximum absolute atomic E-state index is 5.35. The van der Waals surface area contributed by atoms with Crippen molar-refractivity contribution >= 4 is 0 Å². The Morgan fingerprint density at radius 3 is 2.57 bits per heavy atom. The molecule has 0 unspecified atom stereocenters. The lowest BCUT2D eigenvalue weighted by Gasteiger charge is -2.06. The highest BCUT2D eigenvalue weighted by molar-refractivity contribution is 4.99. The van der Waals surface area contributed by atoms with E-state index in [2.05, 4.69) is 10.3 Å². The molecule has 0 aliphatic carbocycles. The summed E-state index contributed by atoms with van der Waals surface area (Å²) in [6.45, 7) is 8.25. The number of nitrogens with zero attached hydrogens (tertiary/aromatic N) is 3. The maximum atomic E-state index is 5.35. The Kier molecular flexibility index (Phi) is 3.88. The summed E-state index contributed by atoms with van der Waals surface area (Å²) >= 11 is 0. The van der Waals surface area contributed by atoms with Crippen molar-refractivity contribution in [3.8, 4) is 5.88 Å². The van der Waals surface area contributed by atoms with Crippen LogP contribution in [0.15, 0.2) is 6.20 Å². The first kappa shape index (κ1) is 11.0. The first-order chi connectivity index (χ1) is 6.58. The Bertz CT molecular complexity index is 271. The Hall–Kier alpha value is -1.10. The predicted octanol–water partition coefficient (Wildman–Crippen LogP) is 1.45. The van der Waals surface area contributed by atoms with Crippen LogP contribution >= 0.6 is 0 Å².